The minimum atomic E-state index is -4.55. The summed E-state index contributed by atoms with van der Waals surface area (Å²) in [6, 6.07) is 8.72. The van der Waals surface area contributed by atoms with Gasteiger partial charge in [0.2, 0.25) is 11.8 Å². The first-order valence-electron chi connectivity index (χ1n) is 10.5. The molecule has 33 heavy (non-hydrogen) atoms. The molecule has 176 valence electrons. The van der Waals surface area contributed by atoms with Gasteiger partial charge in [0.15, 0.2) is 0 Å². The molecule has 2 aromatic carbocycles. The number of nitrogens with zero attached hydrogens (tertiary/aromatic N) is 2. The molecule has 0 radical (unpaired) electrons. The fourth-order valence-corrected chi connectivity index (χ4v) is 3.80. The van der Waals surface area contributed by atoms with Gasteiger partial charge in [-0.2, -0.15) is 18.3 Å². The highest BCUT2D eigenvalue weighted by Gasteiger charge is 2.32. The predicted octanol–water partition coefficient (Wildman–Crippen LogP) is 4.97. The van der Waals surface area contributed by atoms with Gasteiger partial charge >= 0.3 is 6.18 Å². The van der Waals surface area contributed by atoms with Gasteiger partial charge in [-0.15, -0.1) is 0 Å². The van der Waals surface area contributed by atoms with Crippen LogP contribution >= 0.6 is 0 Å². The number of fused-ring (bicyclic) bond motifs is 1. The average molecular weight is 461 g/mol. The zero-order valence-electron chi connectivity index (χ0n) is 18.6. The number of amides is 1. The number of nitrogens with one attached hydrogen (secondary N) is 1. The van der Waals surface area contributed by atoms with Gasteiger partial charge in [-0.3, -0.25) is 9.36 Å². The van der Waals surface area contributed by atoms with Gasteiger partial charge < -0.3 is 10.2 Å². The number of halogens is 3. The molecule has 3 N–H and O–H groups in total. The third-order valence-corrected chi connectivity index (χ3v) is 5.26. The van der Waals surface area contributed by atoms with Crippen LogP contribution in [0.3, 0.4) is 0 Å². The Kier molecular flexibility index (Phi) is 7.12. The van der Waals surface area contributed by atoms with Crippen molar-refractivity contribution in [3.05, 3.63) is 58.7 Å². The molecule has 1 heterocycles. The van der Waals surface area contributed by atoms with Crippen LogP contribution in [0.1, 0.15) is 48.4 Å². The second-order valence-electron chi connectivity index (χ2n) is 8.02. The molecule has 0 unspecified atom stereocenters. The van der Waals surface area contributed by atoms with Crippen molar-refractivity contribution in [2.45, 2.75) is 46.2 Å². The Balaban J connectivity index is 2.15. The van der Waals surface area contributed by atoms with E-state index >= 15 is 0 Å². The summed E-state index contributed by atoms with van der Waals surface area (Å²) in [7, 11) is 0. The second-order valence-corrected chi connectivity index (χ2v) is 8.02. The van der Waals surface area contributed by atoms with Gasteiger partial charge in [0.05, 0.1) is 22.4 Å². The third kappa shape index (κ3) is 5.36. The molecule has 0 spiro atoms. The van der Waals surface area contributed by atoms with Crippen LogP contribution in [-0.2, 0) is 11.0 Å². The van der Waals surface area contributed by atoms with E-state index in [1.807, 2.05) is 19.9 Å². The van der Waals surface area contributed by atoms with E-state index in [1.54, 1.807) is 19.1 Å². The number of hydrogen-bond donors (Lipinski definition) is 3. The molecule has 0 aliphatic heterocycles. The van der Waals surface area contributed by atoms with Crippen molar-refractivity contribution >= 4 is 22.5 Å². The maximum atomic E-state index is 13.4. The monoisotopic (exact) mass is 461 g/mol. The number of aliphatic hydroxyl groups excluding tert-OH is 1. The van der Waals surface area contributed by atoms with E-state index in [0.717, 1.165) is 23.3 Å². The zero-order valence-corrected chi connectivity index (χ0v) is 18.6. The highest BCUT2D eigenvalue weighted by Crippen LogP contribution is 2.39. The fraction of sp³-hybridized carbons (Fsp3) is 0.333. The van der Waals surface area contributed by atoms with Crippen molar-refractivity contribution in [1.82, 2.24) is 9.99 Å². The van der Waals surface area contributed by atoms with Crippen LogP contribution in [0.15, 0.2) is 41.5 Å². The maximum Gasteiger partial charge on any atom is 0.416 e. The number of hydrogen-bond acceptors (Lipinski definition) is 4. The summed E-state index contributed by atoms with van der Waals surface area (Å²) in [5.41, 5.74) is 4.51. The number of unbranched alkanes of at least 4 members (excludes halogenated alkanes) is 1. The predicted molar refractivity (Wildman–Crippen MR) is 121 cm³/mol. The lowest BCUT2D eigenvalue weighted by Crippen LogP contribution is -2.19. The highest BCUT2D eigenvalue weighted by atomic mass is 19.4. The largest absolute Gasteiger partial charge is 0.494 e. The first-order valence-corrected chi connectivity index (χ1v) is 10.5. The van der Waals surface area contributed by atoms with Gasteiger partial charge in [-0.05, 0) is 69.0 Å². The molecule has 0 saturated carbocycles. The third-order valence-electron chi connectivity index (χ3n) is 5.26. The van der Waals surface area contributed by atoms with E-state index in [1.165, 1.54) is 10.6 Å². The molecule has 0 aliphatic rings. The Morgan fingerprint density at radius 3 is 2.36 bits per heavy atom. The number of carbonyl (C=O) groups is 1. The molecule has 6 nitrogen and oxygen atoms in total. The molecule has 3 rings (SSSR count). The van der Waals surface area contributed by atoms with Gasteiger partial charge in [-0.1, -0.05) is 12.1 Å². The number of hydrazone groups is 1. The van der Waals surface area contributed by atoms with Crippen LogP contribution in [0.2, 0.25) is 0 Å². The van der Waals surface area contributed by atoms with Gasteiger partial charge in [0.25, 0.3) is 0 Å². The number of benzene rings is 2. The SMILES string of the molecule is CC(=NNC(=O)CCCCO)c1c(O)n(-c2cc(C)cc(C)c2)c2cc(C(F)(F)F)ccc12. The van der Waals surface area contributed by atoms with E-state index in [0.29, 0.717) is 23.9 Å². The van der Waals surface area contributed by atoms with Crippen molar-refractivity contribution in [1.29, 1.82) is 0 Å². The number of aryl methyl sites for hydroxylation is 2. The van der Waals surface area contributed by atoms with E-state index in [4.69, 9.17) is 5.11 Å². The zero-order chi connectivity index (χ0) is 24.3. The maximum absolute atomic E-state index is 13.4. The topological polar surface area (TPSA) is 86.8 Å². The van der Waals surface area contributed by atoms with Crippen LogP contribution in [0.4, 0.5) is 13.2 Å². The molecule has 0 aliphatic carbocycles. The molecule has 1 aromatic heterocycles. The van der Waals surface area contributed by atoms with Crippen molar-refractivity contribution in [3.63, 3.8) is 0 Å². The number of alkyl halides is 3. The number of rotatable bonds is 7. The van der Waals surface area contributed by atoms with Crippen LogP contribution in [-0.4, -0.2) is 33.0 Å². The number of carbonyl (C=O) groups excluding carboxylic acids is 1. The number of aromatic hydroxyl groups is 1. The van der Waals surface area contributed by atoms with E-state index in [2.05, 4.69) is 10.5 Å². The van der Waals surface area contributed by atoms with Crippen molar-refractivity contribution < 1.29 is 28.2 Å². The summed E-state index contributed by atoms with van der Waals surface area (Å²) in [6.07, 6.45) is -3.40. The summed E-state index contributed by atoms with van der Waals surface area (Å²) in [4.78, 5) is 12.0. The molecule has 0 fully saturated rings. The molecule has 0 bridgehead atoms. The van der Waals surface area contributed by atoms with E-state index in [9.17, 15) is 23.1 Å². The van der Waals surface area contributed by atoms with Gasteiger partial charge in [-0.25, -0.2) is 5.43 Å². The lowest BCUT2D eigenvalue weighted by molar-refractivity contribution is -0.137. The van der Waals surface area contributed by atoms with Gasteiger partial charge in [0.1, 0.15) is 0 Å². The summed E-state index contributed by atoms with van der Waals surface area (Å²) in [5, 5.41) is 24.4. The first-order chi connectivity index (χ1) is 15.5. The van der Waals surface area contributed by atoms with Crippen molar-refractivity contribution in [2.24, 2.45) is 5.10 Å². The molecular weight excluding hydrogens is 435 g/mol. The summed E-state index contributed by atoms with van der Waals surface area (Å²) in [5.74, 6) is -0.634. The molecular formula is C24H26F3N3O3. The summed E-state index contributed by atoms with van der Waals surface area (Å²) >= 11 is 0. The van der Waals surface area contributed by atoms with Crippen LogP contribution in [0.5, 0.6) is 5.88 Å². The first kappa shape index (κ1) is 24.3. The molecule has 0 atom stereocenters. The smallest absolute Gasteiger partial charge is 0.416 e. The molecule has 1 amide bonds. The van der Waals surface area contributed by atoms with Crippen LogP contribution < -0.4 is 5.43 Å². The fourth-order valence-electron chi connectivity index (χ4n) is 3.80. The minimum Gasteiger partial charge on any atom is -0.494 e. The summed E-state index contributed by atoms with van der Waals surface area (Å²) in [6.45, 7) is 5.27. The Bertz CT molecular complexity index is 1190. The number of aromatic nitrogens is 1. The van der Waals surface area contributed by atoms with Crippen molar-refractivity contribution in [2.75, 3.05) is 6.61 Å². The molecule has 9 heteroatoms. The standard InChI is InChI=1S/C24H26F3N3O3/c1-14-10-15(2)12-18(11-14)30-20-13-17(24(25,26)27)7-8-19(20)22(23(30)33)16(3)28-29-21(32)6-4-5-9-31/h7-8,10-13,31,33H,4-6,9H2,1-3H3,(H,29,32). The minimum absolute atomic E-state index is 0.0126. The Morgan fingerprint density at radius 1 is 1.09 bits per heavy atom. The Hall–Kier alpha value is -3.33. The highest BCUT2D eigenvalue weighted by molar-refractivity contribution is 6.13. The number of aliphatic hydroxyl groups is 1. The lowest BCUT2D eigenvalue weighted by atomic mass is 10.1. The van der Waals surface area contributed by atoms with E-state index in [-0.39, 0.29) is 41.6 Å². The second kappa shape index (κ2) is 9.66. The van der Waals surface area contributed by atoms with Crippen LogP contribution in [0.25, 0.3) is 16.6 Å². The Morgan fingerprint density at radius 2 is 1.76 bits per heavy atom. The lowest BCUT2D eigenvalue weighted by Gasteiger charge is -2.11. The van der Waals surface area contributed by atoms with Gasteiger partial charge in [0, 0.05) is 24.1 Å². The normalized spacial score (nSPS) is 12.4. The van der Waals surface area contributed by atoms with E-state index < -0.39 is 11.7 Å². The van der Waals surface area contributed by atoms with Crippen LogP contribution in [0, 0.1) is 13.8 Å². The molecule has 0 saturated heterocycles. The average Bonchev–Trinajstić information content (AvgIpc) is 3.02. The summed E-state index contributed by atoms with van der Waals surface area (Å²) < 4.78 is 41.6. The quantitative estimate of drug-likeness (QED) is 0.264. The Labute approximate surface area is 189 Å². The van der Waals surface area contributed by atoms with Crippen molar-refractivity contribution in [3.8, 4) is 11.6 Å². The molecule has 3 aromatic rings.